The molecule has 1 aliphatic carbocycles. The molecule has 5 fully saturated rings. The number of fused-ring (bicyclic) bond motifs is 2. The van der Waals surface area contributed by atoms with E-state index in [2.05, 4.69) is 6.92 Å². The Labute approximate surface area is 222 Å². The zero-order valence-electron chi connectivity index (χ0n) is 22.5. The van der Waals surface area contributed by atoms with Gasteiger partial charge in [-0.15, -0.1) is 0 Å². The SMILES string of the molecule is COc1ccc(CCOC(=O)CCC(=O)O[C@@H]2O[C@@H]3O[C@]4(C)CC[C@H]5[C@H](C)CCC([C@H]2C)C35OO4)cc1O. The van der Waals surface area contributed by atoms with E-state index in [0.29, 0.717) is 24.5 Å². The first-order valence-electron chi connectivity index (χ1n) is 13.6. The van der Waals surface area contributed by atoms with Crippen LogP contribution in [0, 0.1) is 23.7 Å². The number of methoxy groups -OCH3 is 1. The summed E-state index contributed by atoms with van der Waals surface area (Å²) in [6, 6.07) is 5.00. The Hall–Kier alpha value is -2.40. The Morgan fingerprint density at radius 2 is 1.87 bits per heavy atom. The van der Waals surface area contributed by atoms with Crippen LogP contribution in [-0.2, 0) is 44.7 Å². The summed E-state index contributed by atoms with van der Waals surface area (Å²) in [5, 5.41) is 9.86. The maximum atomic E-state index is 12.7. The predicted molar refractivity (Wildman–Crippen MR) is 131 cm³/mol. The molecule has 0 amide bonds. The van der Waals surface area contributed by atoms with Crippen molar-refractivity contribution in [1.29, 1.82) is 0 Å². The van der Waals surface area contributed by atoms with Crippen LogP contribution in [-0.4, -0.2) is 54.7 Å². The first-order chi connectivity index (χ1) is 18.1. The van der Waals surface area contributed by atoms with Crippen LogP contribution < -0.4 is 4.74 Å². The Morgan fingerprint density at radius 1 is 1.08 bits per heavy atom. The van der Waals surface area contributed by atoms with Crippen LogP contribution in [0.5, 0.6) is 11.5 Å². The number of rotatable bonds is 8. The first kappa shape index (κ1) is 27.2. The fourth-order valence-electron chi connectivity index (χ4n) is 6.65. The summed E-state index contributed by atoms with van der Waals surface area (Å²) in [4.78, 5) is 36.8. The van der Waals surface area contributed by atoms with Crippen molar-refractivity contribution in [2.24, 2.45) is 23.7 Å². The van der Waals surface area contributed by atoms with Gasteiger partial charge >= 0.3 is 11.9 Å². The molecular weight excluding hydrogens is 496 g/mol. The number of phenols is 1. The van der Waals surface area contributed by atoms with Crippen LogP contribution in [0.15, 0.2) is 18.2 Å². The molecule has 38 heavy (non-hydrogen) atoms. The summed E-state index contributed by atoms with van der Waals surface area (Å²) >= 11 is 0. The molecule has 4 aliphatic heterocycles. The molecule has 10 heteroatoms. The van der Waals surface area contributed by atoms with Gasteiger partial charge in [0, 0.05) is 24.7 Å². The molecule has 4 saturated heterocycles. The molecule has 6 rings (SSSR count). The smallest absolute Gasteiger partial charge is 0.308 e. The molecule has 10 nitrogen and oxygen atoms in total. The average molecular weight is 535 g/mol. The van der Waals surface area contributed by atoms with Gasteiger partial charge < -0.3 is 28.8 Å². The molecule has 1 aromatic carbocycles. The fraction of sp³-hybridized carbons (Fsp3) is 0.714. The highest BCUT2D eigenvalue weighted by molar-refractivity contribution is 5.77. The minimum Gasteiger partial charge on any atom is -0.504 e. The molecule has 0 radical (unpaired) electrons. The van der Waals surface area contributed by atoms with Gasteiger partial charge in [-0.2, -0.15) is 0 Å². The number of hydrogen-bond donors (Lipinski definition) is 1. The van der Waals surface area contributed by atoms with Crippen molar-refractivity contribution < 1.29 is 48.2 Å². The van der Waals surface area contributed by atoms with Crippen LogP contribution in [0.3, 0.4) is 0 Å². The second kappa shape index (κ2) is 10.6. The topological polar surface area (TPSA) is 119 Å². The average Bonchev–Trinajstić information content (AvgIpc) is 3.12. The van der Waals surface area contributed by atoms with Crippen molar-refractivity contribution in [3.63, 3.8) is 0 Å². The lowest BCUT2D eigenvalue weighted by Crippen LogP contribution is -2.70. The van der Waals surface area contributed by atoms with Crippen molar-refractivity contribution in [3.05, 3.63) is 23.8 Å². The Kier molecular flexibility index (Phi) is 7.61. The van der Waals surface area contributed by atoms with Gasteiger partial charge in [0.2, 0.25) is 12.1 Å². The molecule has 8 atom stereocenters. The van der Waals surface area contributed by atoms with E-state index in [-0.39, 0.29) is 43.0 Å². The third-order valence-corrected chi connectivity index (χ3v) is 8.78. The summed E-state index contributed by atoms with van der Waals surface area (Å²) in [7, 11) is 1.48. The Morgan fingerprint density at radius 3 is 2.63 bits per heavy atom. The summed E-state index contributed by atoms with van der Waals surface area (Å²) in [5.41, 5.74) is 0.0780. The number of aromatic hydroxyl groups is 1. The van der Waals surface area contributed by atoms with Gasteiger partial charge in [-0.25, -0.2) is 9.78 Å². The second-order valence-corrected chi connectivity index (χ2v) is 11.2. The molecule has 1 aromatic rings. The van der Waals surface area contributed by atoms with Crippen LogP contribution in [0.25, 0.3) is 0 Å². The number of carbonyl (C=O) groups excluding carboxylic acids is 2. The van der Waals surface area contributed by atoms with Crippen molar-refractivity contribution in [1.82, 2.24) is 0 Å². The third-order valence-electron chi connectivity index (χ3n) is 8.78. The predicted octanol–water partition coefficient (Wildman–Crippen LogP) is 4.02. The van der Waals surface area contributed by atoms with E-state index in [0.717, 1.165) is 24.8 Å². The Bertz CT molecular complexity index is 1040. The van der Waals surface area contributed by atoms with E-state index in [1.54, 1.807) is 18.2 Å². The maximum Gasteiger partial charge on any atom is 0.308 e. The quantitative estimate of drug-likeness (QED) is 0.387. The second-order valence-electron chi connectivity index (χ2n) is 11.2. The van der Waals surface area contributed by atoms with Crippen molar-refractivity contribution in [3.8, 4) is 11.5 Å². The summed E-state index contributed by atoms with van der Waals surface area (Å²) in [5.74, 6) is -0.941. The maximum absolute atomic E-state index is 12.7. The first-order valence-corrected chi connectivity index (χ1v) is 13.6. The number of carbonyl (C=O) groups is 2. The fourth-order valence-corrected chi connectivity index (χ4v) is 6.65. The van der Waals surface area contributed by atoms with Gasteiger partial charge in [-0.1, -0.05) is 19.9 Å². The molecule has 5 aliphatic rings. The van der Waals surface area contributed by atoms with E-state index in [1.165, 1.54) is 7.11 Å². The molecule has 2 unspecified atom stereocenters. The molecule has 4 heterocycles. The van der Waals surface area contributed by atoms with Gasteiger partial charge in [0.05, 0.1) is 26.6 Å². The van der Waals surface area contributed by atoms with Gasteiger partial charge in [-0.05, 0) is 55.7 Å². The third kappa shape index (κ3) is 4.99. The minimum absolute atomic E-state index is 0.0256. The number of phenolic OH excluding ortho intramolecular Hbond substituents is 1. The lowest BCUT2D eigenvalue weighted by molar-refractivity contribution is -0.576. The lowest BCUT2D eigenvalue weighted by Gasteiger charge is -2.59. The molecule has 1 N–H and O–H groups in total. The molecule has 0 aromatic heterocycles. The molecular formula is C28H38O10. The highest BCUT2D eigenvalue weighted by Gasteiger charge is 2.69. The summed E-state index contributed by atoms with van der Waals surface area (Å²) in [6.45, 7) is 6.23. The summed E-state index contributed by atoms with van der Waals surface area (Å²) in [6.07, 6.45) is 2.29. The molecule has 1 saturated carbocycles. The van der Waals surface area contributed by atoms with Crippen molar-refractivity contribution >= 4 is 11.9 Å². The van der Waals surface area contributed by atoms with Crippen LogP contribution in [0.1, 0.15) is 64.9 Å². The van der Waals surface area contributed by atoms with E-state index in [4.69, 9.17) is 33.5 Å². The standard InChI is InChI=1S/C28H38O10/c1-16-5-7-20-17(2)25(35-26-28(20)19(16)11-13-27(3,36-26)37-38-28)34-24(31)10-9-23(30)33-14-12-18-6-8-22(32-4)21(29)15-18/h6,8,15-17,19-20,25-26,29H,5,7,9-14H2,1-4H3/t16-,17-,19+,20?,25-,26-,27+,28?/m1/s1. The monoisotopic (exact) mass is 534 g/mol. The van der Waals surface area contributed by atoms with Crippen LogP contribution in [0.4, 0.5) is 0 Å². The Balaban J connectivity index is 1.13. The van der Waals surface area contributed by atoms with Crippen molar-refractivity contribution in [2.75, 3.05) is 13.7 Å². The van der Waals surface area contributed by atoms with E-state index >= 15 is 0 Å². The van der Waals surface area contributed by atoms with E-state index in [1.807, 2.05) is 13.8 Å². The van der Waals surface area contributed by atoms with Gasteiger partial charge in [-0.3, -0.25) is 9.59 Å². The van der Waals surface area contributed by atoms with Crippen molar-refractivity contribution in [2.45, 2.75) is 89.7 Å². The van der Waals surface area contributed by atoms with Crippen LogP contribution >= 0.6 is 0 Å². The minimum atomic E-state index is -0.902. The molecule has 2 bridgehead atoms. The van der Waals surface area contributed by atoms with Gasteiger partial charge in [0.15, 0.2) is 23.4 Å². The zero-order chi connectivity index (χ0) is 27.1. The van der Waals surface area contributed by atoms with E-state index in [9.17, 15) is 14.7 Å². The molecule has 210 valence electrons. The number of hydrogen-bond acceptors (Lipinski definition) is 10. The molecule has 1 spiro atoms. The normalized spacial score (nSPS) is 37.6. The number of esters is 2. The highest BCUT2D eigenvalue weighted by atomic mass is 17.3. The summed E-state index contributed by atoms with van der Waals surface area (Å²) < 4.78 is 28.5. The van der Waals surface area contributed by atoms with Gasteiger partial charge in [0.1, 0.15) is 0 Å². The highest BCUT2D eigenvalue weighted by Crippen LogP contribution is 2.60. The zero-order valence-corrected chi connectivity index (χ0v) is 22.5. The number of benzene rings is 1. The van der Waals surface area contributed by atoms with Crippen LogP contribution in [0.2, 0.25) is 0 Å². The van der Waals surface area contributed by atoms with Gasteiger partial charge in [0.25, 0.3) is 0 Å². The lowest BCUT2D eigenvalue weighted by atomic mass is 9.58. The largest absolute Gasteiger partial charge is 0.504 e. The number of ether oxygens (including phenoxy) is 5. The van der Waals surface area contributed by atoms with E-state index < -0.39 is 35.9 Å².